The zero-order valence-electron chi connectivity index (χ0n) is 34.4. The molecule has 1 aliphatic rings. The summed E-state index contributed by atoms with van der Waals surface area (Å²) in [6, 6.07) is 82.3. The third kappa shape index (κ3) is 6.57. The minimum Gasteiger partial charge on any atom is -0.374 e. The van der Waals surface area contributed by atoms with E-state index in [1.165, 1.54) is 55.2 Å². The van der Waals surface area contributed by atoms with Crippen LogP contribution < -0.4 is 5.32 Å². The van der Waals surface area contributed by atoms with Crippen molar-refractivity contribution in [1.82, 2.24) is 14.5 Å². The van der Waals surface area contributed by atoms with E-state index in [1.54, 1.807) is 0 Å². The van der Waals surface area contributed by atoms with Gasteiger partial charge < -0.3 is 9.88 Å². The number of hydrogen-bond donors (Lipinski definition) is 1. The monoisotopic (exact) mass is 804 g/mol. The van der Waals surface area contributed by atoms with Gasteiger partial charge in [-0.1, -0.05) is 182 Å². The summed E-state index contributed by atoms with van der Waals surface area (Å²) in [5.74, 6) is 0.704. The van der Waals surface area contributed by atoms with Crippen molar-refractivity contribution in [2.45, 2.75) is 6.04 Å². The predicted molar refractivity (Wildman–Crippen MR) is 261 cm³/mol. The smallest absolute Gasteiger partial charge is 0.160 e. The molecule has 0 amide bonds. The summed E-state index contributed by atoms with van der Waals surface area (Å²) >= 11 is 0. The van der Waals surface area contributed by atoms with Gasteiger partial charge in [0.15, 0.2) is 5.82 Å². The number of aromatic nitrogens is 3. The van der Waals surface area contributed by atoms with Crippen LogP contribution >= 0.6 is 0 Å². The van der Waals surface area contributed by atoms with Gasteiger partial charge in [0.25, 0.3) is 0 Å². The van der Waals surface area contributed by atoms with Gasteiger partial charge in [-0.15, -0.1) is 0 Å². The fraction of sp³-hybridized carbons (Fsp3) is 0.0169. The highest BCUT2D eigenvalue weighted by molar-refractivity contribution is 6.12. The molecule has 3 heterocycles. The molecule has 9 aromatic carbocycles. The van der Waals surface area contributed by atoms with Crippen LogP contribution in [0.1, 0.15) is 17.2 Å². The van der Waals surface area contributed by atoms with Gasteiger partial charge in [0.05, 0.1) is 28.5 Å². The van der Waals surface area contributed by atoms with Gasteiger partial charge in [0.1, 0.15) is 0 Å². The van der Waals surface area contributed by atoms with Crippen LogP contribution in [-0.2, 0) is 0 Å². The molecule has 0 saturated carbocycles. The molecule has 12 rings (SSSR count). The van der Waals surface area contributed by atoms with Gasteiger partial charge in [0, 0.05) is 44.4 Å². The molecule has 0 radical (unpaired) electrons. The SMILES string of the molecule is c1ccc(-c2ccc(-c3cc(-c4ccc(-c5ccc6c(c5)c5cc7c(cc5n6-c5ccccc5)C(c5ccccc5)Nc5ccccc5-7)cc4)nc(-c4ccccc4)n3)cc2)cc1. The number of nitrogens with zero attached hydrogens (tertiary/aromatic N) is 3. The summed E-state index contributed by atoms with van der Waals surface area (Å²) in [6.07, 6.45) is 0. The second kappa shape index (κ2) is 15.3. The zero-order valence-corrected chi connectivity index (χ0v) is 34.4. The molecule has 4 heteroatoms. The lowest BCUT2D eigenvalue weighted by Gasteiger charge is -2.30. The Kier molecular flexibility index (Phi) is 8.86. The van der Waals surface area contributed by atoms with Crippen LogP contribution in [0.25, 0.3) is 94.8 Å². The molecular formula is C59H40N4. The Balaban J connectivity index is 0.966. The van der Waals surface area contributed by atoms with Gasteiger partial charge in [-0.05, 0) is 87.5 Å². The average Bonchev–Trinajstić information content (AvgIpc) is 3.69. The third-order valence-electron chi connectivity index (χ3n) is 12.5. The van der Waals surface area contributed by atoms with E-state index in [1.807, 2.05) is 24.3 Å². The highest BCUT2D eigenvalue weighted by Crippen LogP contribution is 2.47. The largest absolute Gasteiger partial charge is 0.374 e. The van der Waals surface area contributed by atoms with Crippen molar-refractivity contribution in [2.24, 2.45) is 0 Å². The van der Waals surface area contributed by atoms with E-state index in [0.29, 0.717) is 5.82 Å². The standard InChI is InChI=1S/C59H40N4/c1-5-15-39(16-6-1)40-25-29-42(30-26-40)54-38-55(62-59(61-54)45-19-9-3-10-20-45)43-31-27-41(28-32-43)46-33-34-56-50(35-46)51-36-49-48-23-13-14-24-53(48)60-58(44-17-7-2-8-18-44)52(49)37-57(51)63(56)47-21-11-4-12-22-47/h1-38,58,60H. The molecule has 0 aliphatic carbocycles. The first-order valence-corrected chi connectivity index (χ1v) is 21.5. The Bertz CT molecular complexity index is 3430. The van der Waals surface area contributed by atoms with Crippen LogP contribution in [0.4, 0.5) is 5.69 Å². The van der Waals surface area contributed by atoms with Crippen LogP contribution in [0.15, 0.2) is 231 Å². The van der Waals surface area contributed by atoms with Crippen LogP contribution in [0, 0.1) is 0 Å². The van der Waals surface area contributed by atoms with Crippen molar-refractivity contribution in [2.75, 3.05) is 5.32 Å². The summed E-state index contributed by atoms with van der Waals surface area (Å²) in [5, 5.41) is 6.34. The quantitative estimate of drug-likeness (QED) is 0.174. The molecule has 0 bridgehead atoms. The van der Waals surface area contributed by atoms with Crippen LogP contribution in [0.2, 0.25) is 0 Å². The van der Waals surface area contributed by atoms with Crippen molar-refractivity contribution in [3.8, 4) is 73.0 Å². The van der Waals surface area contributed by atoms with E-state index in [-0.39, 0.29) is 6.04 Å². The van der Waals surface area contributed by atoms with Gasteiger partial charge >= 0.3 is 0 Å². The van der Waals surface area contributed by atoms with E-state index in [0.717, 1.165) is 50.6 Å². The molecule has 1 unspecified atom stereocenters. The molecule has 1 atom stereocenters. The minimum absolute atomic E-state index is 0.0201. The molecule has 296 valence electrons. The minimum atomic E-state index is 0.0201. The van der Waals surface area contributed by atoms with E-state index in [2.05, 4.69) is 216 Å². The van der Waals surface area contributed by atoms with Crippen molar-refractivity contribution in [3.63, 3.8) is 0 Å². The van der Waals surface area contributed by atoms with Gasteiger partial charge in [-0.2, -0.15) is 0 Å². The highest BCUT2D eigenvalue weighted by Gasteiger charge is 2.27. The van der Waals surface area contributed by atoms with Crippen molar-refractivity contribution in [1.29, 1.82) is 0 Å². The fourth-order valence-electron chi connectivity index (χ4n) is 9.33. The van der Waals surface area contributed by atoms with E-state index < -0.39 is 0 Å². The normalized spacial score (nSPS) is 13.0. The molecule has 0 fully saturated rings. The highest BCUT2D eigenvalue weighted by atomic mass is 15.0. The summed E-state index contributed by atoms with van der Waals surface area (Å²) in [7, 11) is 0. The van der Waals surface area contributed by atoms with E-state index >= 15 is 0 Å². The molecule has 0 saturated heterocycles. The molecule has 4 nitrogen and oxygen atoms in total. The van der Waals surface area contributed by atoms with Crippen LogP contribution in [0.5, 0.6) is 0 Å². The molecule has 11 aromatic rings. The summed E-state index contributed by atoms with van der Waals surface area (Å²) in [5.41, 5.74) is 19.2. The predicted octanol–water partition coefficient (Wildman–Crippen LogP) is 15.1. The van der Waals surface area contributed by atoms with Crippen LogP contribution in [-0.4, -0.2) is 14.5 Å². The molecule has 0 spiro atoms. The van der Waals surface area contributed by atoms with Gasteiger partial charge in [-0.3, -0.25) is 0 Å². The number of hydrogen-bond acceptors (Lipinski definition) is 3. The average molecular weight is 805 g/mol. The lowest BCUT2D eigenvalue weighted by atomic mass is 9.85. The fourth-order valence-corrected chi connectivity index (χ4v) is 9.33. The van der Waals surface area contributed by atoms with Crippen molar-refractivity contribution >= 4 is 27.5 Å². The first-order chi connectivity index (χ1) is 31.2. The van der Waals surface area contributed by atoms with Gasteiger partial charge in [0.2, 0.25) is 0 Å². The lowest BCUT2D eigenvalue weighted by Crippen LogP contribution is -2.18. The number of nitrogens with one attached hydrogen (secondary N) is 1. The number of para-hydroxylation sites is 2. The number of benzene rings is 9. The maximum absolute atomic E-state index is 5.13. The van der Waals surface area contributed by atoms with E-state index in [4.69, 9.17) is 9.97 Å². The third-order valence-corrected chi connectivity index (χ3v) is 12.5. The second-order valence-corrected chi connectivity index (χ2v) is 16.2. The number of fused-ring (bicyclic) bond motifs is 6. The summed E-state index contributed by atoms with van der Waals surface area (Å²) in [6.45, 7) is 0. The van der Waals surface area contributed by atoms with Gasteiger partial charge in [-0.25, -0.2) is 9.97 Å². The lowest BCUT2D eigenvalue weighted by molar-refractivity contribution is 0.931. The maximum Gasteiger partial charge on any atom is 0.160 e. The molecule has 2 aromatic heterocycles. The Morgan fingerprint density at radius 3 is 1.54 bits per heavy atom. The Hall–Kier alpha value is -8.34. The maximum atomic E-state index is 5.13. The first kappa shape index (κ1) is 36.5. The van der Waals surface area contributed by atoms with Crippen molar-refractivity contribution < 1.29 is 0 Å². The number of rotatable bonds is 7. The first-order valence-electron chi connectivity index (χ1n) is 21.5. The molecule has 1 aliphatic heterocycles. The topological polar surface area (TPSA) is 42.7 Å². The molecular weight excluding hydrogens is 765 g/mol. The summed E-state index contributed by atoms with van der Waals surface area (Å²) < 4.78 is 2.42. The summed E-state index contributed by atoms with van der Waals surface area (Å²) in [4.78, 5) is 10.2. The zero-order chi connectivity index (χ0) is 41.7. The Labute approximate surface area is 366 Å². The van der Waals surface area contributed by atoms with Crippen LogP contribution in [0.3, 0.4) is 0 Å². The Morgan fingerprint density at radius 1 is 0.365 bits per heavy atom. The van der Waals surface area contributed by atoms with E-state index in [9.17, 15) is 0 Å². The number of anilines is 1. The second-order valence-electron chi connectivity index (χ2n) is 16.2. The Morgan fingerprint density at radius 2 is 0.873 bits per heavy atom. The van der Waals surface area contributed by atoms with Crippen molar-refractivity contribution in [3.05, 3.63) is 242 Å². The molecule has 1 N–H and O–H groups in total. The molecule has 63 heavy (non-hydrogen) atoms.